The zero-order chi connectivity index (χ0) is 10.7. The third-order valence-corrected chi connectivity index (χ3v) is 3.10. The van der Waals surface area contributed by atoms with Gasteiger partial charge in [0.05, 0.1) is 6.61 Å². The Morgan fingerprint density at radius 2 is 2.07 bits per heavy atom. The van der Waals surface area contributed by atoms with E-state index in [1.807, 2.05) is 6.07 Å². The molecule has 0 fully saturated rings. The molecule has 1 aromatic rings. The molecule has 0 unspecified atom stereocenters. The average molecular weight is 319 g/mol. The summed E-state index contributed by atoms with van der Waals surface area (Å²) in [5.41, 5.74) is 2.78. The van der Waals surface area contributed by atoms with Gasteiger partial charge in [0.25, 0.3) is 0 Å². The number of hydrogen-bond acceptors (Lipinski definition) is 3. The molecule has 3 nitrogen and oxygen atoms in total. The van der Waals surface area contributed by atoms with Crippen LogP contribution in [-0.2, 0) is 17.8 Å². The van der Waals surface area contributed by atoms with Gasteiger partial charge >= 0.3 is 0 Å². The average Bonchev–Trinajstić information content (AvgIpc) is 2.57. The van der Waals surface area contributed by atoms with Crippen molar-refractivity contribution in [2.45, 2.75) is 13.1 Å². The minimum absolute atomic E-state index is 0.614. The van der Waals surface area contributed by atoms with E-state index in [4.69, 9.17) is 9.47 Å². The van der Waals surface area contributed by atoms with Gasteiger partial charge in [0, 0.05) is 43.1 Å². The lowest BCUT2D eigenvalue weighted by Gasteiger charge is -2.06. The standard InChI is InChI=1S/C11H14INO2/c1-14-4-5-15-11-3-2-9-7-13(12)8-10(9)6-11/h2-3,6H,4-5,7-8H2,1H3. The fraction of sp³-hybridized carbons (Fsp3) is 0.455. The van der Waals surface area contributed by atoms with Crippen molar-refractivity contribution in [2.75, 3.05) is 20.3 Å². The molecule has 82 valence electrons. The van der Waals surface area contributed by atoms with Gasteiger partial charge < -0.3 is 9.47 Å². The van der Waals surface area contributed by atoms with E-state index in [-0.39, 0.29) is 0 Å². The van der Waals surface area contributed by atoms with E-state index in [1.165, 1.54) is 11.1 Å². The molecule has 0 N–H and O–H groups in total. The number of halogens is 1. The number of rotatable bonds is 4. The van der Waals surface area contributed by atoms with Gasteiger partial charge in [-0.15, -0.1) is 0 Å². The molecule has 1 aliphatic heterocycles. The summed E-state index contributed by atoms with van der Waals surface area (Å²) in [6.45, 7) is 3.30. The maximum Gasteiger partial charge on any atom is 0.119 e. The highest BCUT2D eigenvalue weighted by Gasteiger charge is 2.16. The number of fused-ring (bicyclic) bond motifs is 1. The predicted octanol–water partition coefficient (Wildman–Crippen LogP) is 2.38. The van der Waals surface area contributed by atoms with Crippen molar-refractivity contribution in [1.82, 2.24) is 3.11 Å². The second-order valence-electron chi connectivity index (χ2n) is 3.55. The summed E-state index contributed by atoms with van der Waals surface area (Å²) in [6, 6.07) is 6.31. The Bertz CT molecular complexity index is 343. The van der Waals surface area contributed by atoms with Gasteiger partial charge in [-0.25, -0.2) is 3.11 Å². The molecule has 1 heterocycles. The summed E-state index contributed by atoms with van der Waals surface area (Å²) in [7, 11) is 1.68. The topological polar surface area (TPSA) is 21.7 Å². The van der Waals surface area contributed by atoms with Crippen LogP contribution >= 0.6 is 22.9 Å². The van der Waals surface area contributed by atoms with Crippen LogP contribution in [0.5, 0.6) is 5.75 Å². The number of methoxy groups -OCH3 is 1. The molecule has 1 aromatic carbocycles. The van der Waals surface area contributed by atoms with Crippen LogP contribution in [0.25, 0.3) is 0 Å². The van der Waals surface area contributed by atoms with Crippen molar-refractivity contribution < 1.29 is 9.47 Å². The second kappa shape index (κ2) is 5.14. The zero-order valence-electron chi connectivity index (χ0n) is 8.70. The van der Waals surface area contributed by atoms with Gasteiger partial charge in [0.1, 0.15) is 12.4 Å². The molecule has 4 heteroatoms. The normalized spacial score (nSPS) is 15.3. The van der Waals surface area contributed by atoms with Crippen molar-refractivity contribution in [3.63, 3.8) is 0 Å². The summed E-state index contributed by atoms with van der Waals surface area (Å²) in [5, 5.41) is 0. The van der Waals surface area contributed by atoms with E-state index in [9.17, 15) is 0 Å². The maximum atomic E-state index is 5.56. The molecule has 0 aromatic heterocycles. The predicted molar refractivity (Wildman–Crippen MR) is 67.1 cm³/mol. The van der Waals surface area contributed by atoms with Crippen molar-refractivity contribution >= 4 is 22.9 Å². The van der Waals surface area contributed by atoms with Crippen LogP contribution in [0.15, 0.2) is 18.2 Å². The Morgan fingerprint density at radius 3 is 2.87 bits per heavy atom. The van der Waals surface area contributed by atoms with Crippen LogP contribution in [0.2, 0.25) is 0 Å². The first-order valence-electron chi connectivity index (χ1n) is 4.94. The largest absolute Gasteiger partial charge is 0.491 e. The fourth-order valence-electron chi connectivity index (χ4n) is 1.66. The first-order chi connectivity index (χ1) is 7.29. The Labute approximate surface area is 104 Å². The summed E-state index contributed by atoms with van der Waals surface area (Å²) < 4.78 is 12.8. The molecule has 2 rings (SSSR count). The smallest absolute Gasteiger partial charge is 0.119 e. The minimum atomic E-state index is 0.614. The van der Waals surface area contributed by atoms with E-state index in [0.717, 1.165) is 18.8 Å². The summed E-state index contributed by atoms with van der Waals surface area (Å²) in [4.78, 5) is 0. The van der Waals surface area contributed by atoms with Crippen LogP contribution in [0, 0.1) is 0 Å². The lowest BCUT2D eigenvalue weighted by atomic mass is 10.1. The molecular formula is C11H14INO2. The maximum absolute atomic E-state index is 5.56. The molecule has 0 amide bonds. The number of hydrogen-bond donors (Lipinski definition) is 0. The molecule has 0 radical (unpaired) electrons. The molecular weight excluding hydrogens is 305 g/mol. The molecule has 0 spiro atoms. The number of ether oxygens (including phenoxy) is 2. The van der Waals surface area contributed by atoms with Crippen molar-refractivity contribution in [3.8, 4) is 5.75 Å². The summed E-state index contributed by atoms with van der Waals surface area (Å²) in [5.74, 6) is 0.942. The van der Waals surface area contributed by atoms with E-state index in [1.54, 1.807) is 7.11 Å². The number of benzene rings is 1. The molecule has 0 saturated heterocycles. The Morgan fingerprint density at radius 1 is 1.27 bits per heavy atom. The van der Waals surface area contributed by atoms with E-state index >= 15 is 0 Å². The van der Waals surface area contributed by atoms with E-state index in [0.29, 0.717) is 13.2 Å². The highest BCUT2D eigenvalue weighted by Crippen LogP contribution is 2.28. The first kappa shape index (κ1) is 11.2. The van der Waals surface area contributed by atoms with Crippen LogP contribution in [0.1, 0.15) is 11.1 Å². The first-order valence-corrected chi connectivity index (χ1v) is 5.90. The van der Waals surface area contributed by atoms with Gasteiger partial charge in [-0.2, -0.15) is 0 Å². The SMILES string of the molecule is COCCOc1ccc2c(c1)CN(I)C2. The quantitative estimate of drug-likeness (QED) is 0.483. The molecule has 15 heavy (non-hydrogen) atoms. The van der Waals surface area contributed by atoms with Gasteiger partial charge in [0.15, 0.2) is 0 Å². The molecule has 1 aliphatic rings. The highest BCUT2D eigenvalue weighted by atomic mass is 127. The monoisotopic (exact) mass is 319 g/mol. The Kier molecular flexibility index (Phi) is 3.82. The van der Waals surface area contributed by atoms with Crippen molar-refractivity contribution in [2.24, 2.45) is 0 Å². The van der Waals surface area contributed by atoms with Crippen LogP contribution in [0.4, 0.5) is 0 Å². The third kappa shape index (κ3) is 2.83. The van der Waals surface area contributed by atoms with Gasteiger partial charge in [-0.1, -0.05) is 6.07 Å². The Balaban J connectivity index is 2.00. The third-order valence-electron chi connectivity index (χ3n) is 2.42. The molecule has 0 atom stereocenters. The second-order valence-corrected chi connectivity index (χ2v) is 4.92. The summed E-state index contributed by atoms with van der Waals surface area (Å²) in [6.07, 6.45) is 0. The Hall–Kier alpha value is -0.330. The lowest BCUT2D eigenvalue weighted by Crippen LogP contribution is -2.04. The van der Waals surface area contributed by atoms with Gasteiger partial charge in [-0.05, 0) is 23.3 Å². The summed E-state index contributed by atoms with van der Waals surface area (Å²) >= 11 is 2.35. The molecule has 0 saturated carbocycles. The van der Waals surface area contributed by atoms with Crippen molar-refractivity contribution in [1.29, 1.82) is 0 Å². The van der Waals surface area contributed by atoms with Crippen LogP contribution in [-0.4, -0.2) is 23.4 Å². The van der Waals surface area contributed by atoms with Crippen LogP contribution in [0.3, 0.4) is 0 Å². The molecule has 0 aliphatic carbocycles. The highest BCUT2D eigenvalue weighted by molar-refractivity contribution is 14.1. The number of nitrogens with zero attached hydrogens (tertiary/aromatic N) is 1. The van der Waals surface area contributed by atoms with E-state index in [2.05, 4.69) is 38.1 Å². The van der Waals surface area contributed by atoms with E-state index < -0.39 is 0 Å². The van der Waals surface area contributed by atoms with Crippen molar-refractivity contribution in [3.05, 3.63) is 29.3 Å². The minimum Gasteiger partial charge on any atom is -0.491 e. The fourth-order valence-corrected chi connectivity index (χ4v) is 2.40. The van der Waals surface area contributed by atoms with Gasteiger partial charge in [-0.3, -0.25) is 0 Å². The van der Waals surface area contributed by atoms with Gasteiger partial charge in [0.2, 0.25) is 0 Å². The van der Waals surface area contributed by atoms with Crippen LogP contribution < -0.4 is 4.74 Å². The zero-order valence-corrected chi connectivity index (χ0v) is 10.9. The lowest BCUT2D eigenvalue weighted by molar-refractivity contribution is 0.146. The molecule has 0 bridgehead atoms.